The summed E-state index contributed by atoms with van der Waals surface area (Å²) < 4.78 is 30.9. The smallest absolute Gasteiger partial charge is 0.271 e. The number of hydrogen-bond acceptors (Lipinski definition) is 6. The molecule has 0 heterocycles. The van der Waals surface area contributed by atoms with E-state index in [-0.39, 0.29) is 17.8 Å². The Hall–Kier alpha value is -3.14. The van der Waals surface area contributed by atoms with E-state index in [1.807, 2.05) is 0 Å². The van der Waals surface area contributed by atoms with Crippen molar-refractivity contribution >= 4 is 33.0 Å². The van der Waals surface area contributed by atoms with Crippen LogP contribution in [0.2, 0.25) is 0 Å². The number of anilines is 2. The predicted octanol–water partition coefficient (Wildman–Crippen LogP) is 2.79. The van der Waals surface area contributed by atoms with E-state index in [0.717, 1.165) is 16.6 Å². The molecule has 0 aliphatic heterocycles. The van der Waals surface area contributed by atoms with E-state index < -0.39 is 26.9 Å². The van der Waals surface area contributed by atoms with Gasteiger partial charge in [-0.1, -0.05) is 19.1 Å². The number of amides is 1. The highest BCUT2D eigenvalue weighted by Gasteiger charge is 2.32. The van der Waals surface area contributed by atoms with Crippen molar-refractivity contribution in [1.82, 2.24) is 0 Å². The Morgan fingerprint density at radius 2 is 1.93 bits per heavy atom. The van der Waals surface area contributed by atoms with Crippen molar-refractivity contribution in [2.24, 2.45) is 0 Å². The van der Waals surface area contributed by atoms with Crippen LogP contribution in [0.15, 0.2) is 48.5 Å². The first-order valence-electron chi connectivity index (χ1n) is 8.36. The van der Waals surface area contributed by atoms with Gasteiger partial charge < -0.3 is 10.1 Å². The van der Waals surface area contributed by atoms with Crippen LogP contribution >= 0.6 is 0 Å². The fraction of sp³-hybridized carbons (Fsp3) is 0.278. The third-order valence-electron chi connectivity index (χ3n) is 3.96. The zero-order valence-corrected chi connectivity index (χ0v) is 16.5. The van der Waals surface area contributed by atoms with Crippen LogP contribution in [0.5, 0.6) is 5.75 Å². The maximum Gasteiger partial charge on any atom is 0.271 e. The van der Waals surface area contributed by atoms with E-state index in [9.17, 15) is 23.3 Å². The number of hydrogen-bond donors (Lipinski definition) is 1. The largest absolute Gasteiger partial charge is 0.497 e. The van der Waals surface area contributed by atoms with Crippen LogP contribution in [-0.2, 0) is 14.8 Å². The Balaban J connectivity index is 2.41. The average molecular weight is 407 g/mol. The van der Waals surface area contributed by atoms with Crippen LogP contribution in [-0.4, -0.2) is 38.7 Å². The highest BCUT2D eigenvalue weighted by Crippen LogP contribution is 2.27. The Kier molecular flexibility index (Phi) is 6.57. The lowest BCUT2D eigenvalue weighted by molar-refractivity contribution is -0.384. The molecule has 9 nitrogen and oxygen atoms in total. The topological polar surface area (TPSA) is 119 Å². The minimum Gasteiger partial charge on any atom is -0.497 e. The van der Waals surface area contributed by atoms with E-state index in [4.69, 9.17) is 4.74 Å². The monoisotopic (exact) mass is 407 g/mol. The van der Waals surface area contributed by atoms with Gasteiger partial charge in [-0.15, -0.1) is 0 Å². The molecule has 1 amide bonds. The number of carbonyl (C=O) groups is 1. The van der Waals surface area contributed by atoms with Crippen molar-refractivity contribution in [3.8, 4) is 5.75 Å². The van der Waals surface area contributed by atoms with Gasteiger partial charge in [-0.25, -0.2) is 8.42 Å². The molecule has 2 aromatic rings. The van der Waals surface area contributed by atoms with E-state index in [0.29, 0.717) is 11.4 Å². The van der Waals surface area contributed by atoms with Gasteiger partial charge >= 0.3 is 0 Å². The first kappa shape index (κ1) is 21.2. The molecule has 0 aliphatic rings. The average Bonchev–Trinajstić information content (AvgIpc) is 2.65. The molecule has 1 atom stereocenters. The summed E-state index contributed by atoms with van der Waals surface area (Å²) in [5.41, 5.74) is 0.217. The quantitative estimate of drug-likeness (QED) is 0.531. The van der Waals surface area contributed by atoms with Gasteiger partial charge in [0.1, 0.15) is 11.8 Å². The van der Waals surface area contributed by atoms with Crippen LogP contribution in [0, 0.1) is 10.1 Å². The van der Waals surface area contributed by atoms with Crippen molar-refractivity contribution < 1.29 is 22.9 Å². The van der Waals surface area contributed by atoms with Crippen LogP contribution in [0.3, 0.4) is 0 Å². The highest BCUT2D eigenvalue weighted by molar-refractivity contribution is 7.92. The fourth-order valence-corrected chi connectivity index (χ4v) is 3.93. The zero-order chi connectivity index (χ0) is 20.9. The minimum absolute atomic E-state index is 0.0457. The van der Waals surface area contributed by atoms with E-state index in [1.165, 1.54) is 25.3 Å². The number of carbonyl (C=O) groups excluding carboxylic acids is 1. The second-order valence-corrected chi connectivity index (χ2v) is 7.84. The number of nitrogens with one attached hydrogen (secondary N) is 1. The number of methoxy groups -OCH3 is 1. The van der Waals surface area contributed by atoms with Crippen molar-refractivity contribution in [1.29, 1.82) is 0 Å². The maximum atomic E-state index is 12.8. The molecule has 0 unspecified atom stereocenters. The van der Waals surface area contributed by atoms with Crippen LogP contribution in [0.25, 0.3) is 0 Å². The number of sulfonamides is 1. The van der Waals surface area contributed by atoms with E-state index >= 15 is 0 Å². The lowest BCUT2D eigenvalue weighted by Crippen LogP contribution is -2.47. The third kappa shape index (κ3) is 4.97. The summed E-state index contributed by atoms with van der Waals surface area (Å²) in [5.74, 6) is -0.0304. The van der Waals surface area contributed by atoms with E-state index in [2.05, 4.69) is 5.32 Å². The molecule has 0 aliphatic carbocycles. The van der Waals surface area contributed by atoms with Gasteiger partial charge in [0, 0.05) is 23.9 Å². The highest BCUT2D eigenvalue weighted by atomic mass is 32.2. The summed E-state index contributed by atoms with van der Waals surface area (Å²) in [4.78, 5) is 23.3. The summed E-state index contributed by atoms with van der Waals surface area (Å²) in [7, 11) is -2.41. The molecule has 0 aromatic heterocycles. The van der Waals surface area contributed by atoms with Gasteiger partial charge in [-0.2, -0.15) is 0 Å². The van der Waals surface area contributed by atoms with Gasteiger partial charge in [-0.05, 0) is 24.6 Å². The predicted molar refractivity (Wildman–Crippen MR) is 106 cm³/mol. The number of ether oxygens (including phenoxy) is 1. The SMILES string of the molecule is CC[C@H](C(=O)Nc1cccc(OC)c1)N(c1cccc([N+](=O)[O-])c1)S(C)(=O)=O. The summed E-state index contributed by atoms with van der Waals surface area (Å²) in [6.07, 6.45) is 1.11. The van der Waals surface area contributed by atoms with Crippen LogP contribution in [0.1, 0.15) is 13.3 Å². The molecular formula is C18H21N3O6S. The number of rotatable bonds is 8. The van der Waals surface area contributed by atoms with Crippen molar-refractivity contribution in [2.75, 3.05) is 23.0 Å². The Morgan fingerprint density at radius 1 is 1.25 bits per heavy atom. The standard InChI is InChI=1S/C18H21N3O6S/c1-4-17(18(22)19-13-7-5-10-16(11-13)27-2)20(28(3,25)26)14-8-6-9-15(12-14)21(23)24/h5-12,17H,4H2,1-3H3,(H,19,22)/t17-/m1/s1. The van der Waals surface area contributed by atoms with Crippen molar-refractivity contribution in [2.45, 2.75) is 19.4 Å². The number of nitrogens with zero attached hydrogens (tertiary/aromatic N) is 2. The number of benzene rings is 2. The molecule has 0 saturated heterocycles. The van der Waals surface area contributed by atoms with Gasteiger partial charge in [0.15, 0.2) is 0 Å². The van der Waals surface area contributed by atoms with Crippen molar-refractivity contribution in [3.63, 3.8) is 0 Å². The second kappa shape index (κ2) is 8.70. The van der Waals surface area contributed by atoms with Crippen LogP contribution in [0.4, 0.5) is 17.1 Å². The Labute approximate surface area is 163 Å². The molecular weight excluding hydrogens is 386 g/mol. The zero-order valence-electron chi connectivity index (χ0n) is 15.7. The molecule has 2 aromatic carbocycles. The summed E-state index contributed by atoms with van der Waals surface area (Å²) in [5, 5.41) is 13.7. The van der Waals surface area contributed by atoms with Gasteiger partial charge in [0.2, 0.25) is 15.9 Å². The molecule has 0 fully saturated rings. The normalized spacial score (nSPS) is 12.1. The van der Waals surface area contributed by atoms with Gasteiger partial charge in [0.05, 0.1) is 24.0 Å². The Morgan fingerprint density at radius 3 is 2.50 bits per heavy atom. The minimum atomic E-state index is -3.90. The molecule has 0 saturated carbocycles. The van der Waals surface area contributed by atoms with Gasteiger partial charge in [-0.3, -0.25) is 19.2 Å². The molecule has 2 rings (SSSR count). The molecule has 1 N–H and O–H groups in total. The first-order chi connectivity index (χ1) is 13.2. The van der Waals surface area contributed by atoms with Crippen molar-refractivity contribution in [3.05, 3.63) is 58.6 Å². The molecule has 28 heavy (non-hydrogen) atoms. The number of nitro benzene ring substituents is 1. The molecule has 0 bridgehead atoms. The first-order valence-corrected chi connectivity index (χ1v) is 10.2. The van der Waals surface area contributed by atoms with E-state index in [1.54, 1.807) is 31.2 Å². The number of non-ortho nitro benzene ring substituents is 1. The molecule has 10 heteroatoms. The maximum absolute atomic E-state index is 12.8. The third-order valence-corrected chi connectivity index (χ3v) is 5.14. The number of nitro groups is 1. The second-order valence-electron chi connectivity index (χ2n) is 5.98. The molecule has 150 valence electrons. The Bertz CT molecular complexity index is 977. The molecule has 0 radical (unpaired) electrons. The summed E-state index contributed by atoms with van der Waals surface area (Å²) >= 11 is 0. The molecule has 0 spiro atoms. The lowest BCUT2D eigenvalue weighted by Gasteiger charge is -2.30. The fourth-order valence-electron chi connectivity index (χ4n) is 2.73. The van der Waals surface area contributed by atoms with Gasteiger partial charge in [0.25, 0.3) is 5.69 Å². The summed E-state index contributed by atoms with van der Waals surface area (Å²) in [6.45, 7) is 1.66. The lowest BCUT2D eigenvalue weighted by atomic mass is 10.1. The van der Waals surface area contributed by atoms with Crippen LogP contribution < -0.4 is 14.4 Å². The summed E-state index contributed by atoms with van der Waals surface area (Å²) in [6, 6.07) is 10.7.